The number of carbonyl (C=O) groups excluding carboxylic acids is 1. The highest BCUT2D eigenvalue weighted by atomic mass is 16.7. The van der Waals surface area contributed by atoms with Gasteiger partial charge in [-0.25, -0.2) is 4.79 Å². The molecule has 0 aliphatic heterocycles. The van der Waals surface area contributed by atoms with E-state index in [0.29, 0.717) is 6.54 Å². The van der Waals surface area contributed by atoms with Gasteiger partial charge in [0.15, 0.2) is 0 Å². The Kier molecular flexibility index (Phi) is 4.53. The van der Waals surface area contributed by atoms with Crippen molar-refractivity contribution < 1.29 is 14.7 Å². The smallest absolute Gasteiger partial charge is 0.360 e. The Morgan fingerprint density at radius 1 is 1.05 bits per heavy atom. The first-order valence-electron chi connectivity index (χ1n) is 6.03. The Balaban J connectivity index is 1.77. The van der Waals surface area contributed by atoms with Gasteiger partial charge < -0.3 is 9.94 Å². The van der Waals surface area contributed by atoms with Crippen molar-refractivity contribution in [3.63, 3.8) is 0 Å². The van der Waals surface area contributed by atoms with E-state index >= 15 is 0 Å². The zero-order valence-electron chi connectivity index (χ0n) is 10.4. The lowest BCUT2D eigenvalue weighted by Crippen LogP contribution is -2.22. The second kappa shape index (κ2) is 6.56. The maximum absolute atomic E-state index is 11.6. The number of nitrogens with one attached hydrogen (secondary N) is 1. The summed E-state index contributed by atoms with van der Waals surface area (Å²) in [6.07, 6.45) is 0.759. The number of phenols is 1. The van der Waals surface area contributed by atoms with Crippen molar-refractivity contribution in [2.75, 3.05) is 6.54 Å². The summed E-state index contributed by atoms with van der Waals surface area (Å²) in [5, 5.41) is 9.49. The minimum Gasteiger partial charge on any atom is -0.507 e. The molecule has 4 nitrogen and oxygen atoms in total. The fourth-order valence-electron chi connectivity index (χ4n) is 1.66. The van der Waals surface area contributed by atoms with Gasteiger partial charge in [-0.05, 0) is 24.1 Å². The van der Waals surface area contributed by atoms with Crippen LogP contribution in [0.15, 0.2) is 54.6 Å². The van der Waals surface area contributed by atoms with Crippen molar-refractivity contribution in [2.24, 2.45) is 0 Å². The topological polar surface area (TPSA) is 58.6 Å². The number of hydrogen-bond acceptors (Lipinski definition) is 4. The van der Waals surface area contributed by atoms with E-state index in [1.54, 1.807) is 12.1 Å². The number of benzene rings is 2. The molecule has 0 unspecified atom stereocenters. The van der Waals surface area contributed by atoms with Crippen LogP contribution < -0.4 is 5.48 Å². The van der Waals surface area contributed by atoms with E-state index in [9.17, 15) is 9.90 Å². The molecule has 2 aromatic carbocycles. The van der Waals surface area contributed by atoms with Crippen LogP contribution in [0.1, 0.15) is 15.9 Å². The molecule has 0 saturated carbocycles. The molecule has 0 amide bonds. The quantitative estimate of drug-likeness (QED) is 0.637. The summed E-state index contributed by atoms with van der Waals surface area (Å²) in [5.41, 5.74) is 3.91. The standard InChI is InChI=1S/C15H15NO3/c17-14-9-5-4-8-13(14)15(18)19-16-11-10-12-6-2-1-3-7-12/h1-9,16-17H,10-11H2. The van der Waals surface area contributed by atoms with Crippen LogP contribution in [0.5, 0.6) is 5.75 Å². The van der Waals surface area contributed by atoms with Crippen molar-refractivity contribution in [3.05, 3.63) is 65.7 Å². The van der Waals surface area contributed by atoms with Gasteiger partial charge in [-0.15, -0.1) is 0 Å². The molecule has 19 heavy (non-hydrogen) atoms. The summed E-state index contributed by atoms with van der Waals surface area (Å²) in [6.45, 7) is 0.517. The van der Waals surface area contributed by atoms with Crippen molar-refractivity contribution >= 4 is 5.97 Å². The molecular weight excluding hydrogens is 242 g/mol. The van der Waals surface area contributed by atoms with Gasteiger partial charge in [0, 0.05) is 6.54 Å². The van der Waals surface area contributed by atoms with Gasteiger partial charge in [-0.1, -0.05) is 42.5 Å². The van der Waals surface area contributed by atoms with E-state index in [1.807, 2.05) is 30.3 Å². The molecule has 98 valence electrons. The molecule has 0 fully saturated rings. The van der Waals surface area contributed by atoms with Crippen molar-refractivity contribution in [1.29, 1.82) is 0 Å². The van der Waals surface area contributed by atoms with Crippen LogP contribution in [-0.4, -0.2) is 17.6 Å². The summed E-state index contributed by atoms with van der Waals surface area (Å²) in [7, 11) is 0. The molecule has 0 radical (unpaired) electrons. The first-order chi connectivity index (χ1) is 9.27. The number of hydroxylamine groups is 1. The molecule has 2 N–H and O–H groups in total. The number of hydrogen-bond donors (Lipinski definition) is 2. The lowest BCUT2D eigenvalue weighted by molar-refractivity contribution is 0.0253. The van der Waals surface area contributed by atoms with E-state index in [0.717, 1.165) is 12.0 Å². The van der Waals surface area contributed by atoms with Gasteiger partial charge in [0.25, 0.3) is 0 Å². The number of carbonyl (C=O) groups is 1. The van der Waals surface area contributed by atoms with Gasteiger partial charge in [-0.2, -0.15) is 5.48 Å². The lowest BCUT2D eigenvalue weighted by atomic mass is 10.2. The van der Waals surface area contributed by atoms with Crippen LogP contribution in [0.4, 0.5) is 0 Å². The zero-order valence-corrected chi connectivity index (χ0v) is 10.4. The highest BCUT2D eigenvalue weighted by Crippen LogP contribution is 2.15. The molecule has 2 aromatic rings. The average molecular weight is 257 g/mol. The Labute approximate surface area is 111 Å². The van der Waals surface area contributed by atoms with E-state index in [4.69, 9.17) is 4.84 Å². The molecule has 0 aliphatic carbocycles. The van der Waals surface area contributed by atoms with E-state index in [-0.39, 0.29) is 11.3 Å². The predicted octanol–water partition coefficient (Wildman–Crippen LogP) is 2.30. The minimum absolute atomic E-state index is 0.0858. The fraction of sp³-hybridized carbons (Fsp3) is 0.133. The molecule has 0 aliphatic rings. The van der Waals surface area contributed by atoms with Crippen molar-refractivity contribution in [1.82, 2.24) is 5.48 Å². The number of aromatic hydroxyl groups is 1. The van der Waals surface area contributed by atoms with Gasteiger partial charge in [0.05, 0.1) is 0 Å². The van der Waals surface area contributed by atoms with Crippen molar-refractivity contribution in [3.8, 4) is 5.75 Å². The summed E-state index contributed by atoms with van der Waals surface area (Å²) in [4.78, 5) is 16.5. The predicted molar refractivity (Wildman–Crippen MR) is 71.7 cm³/mol. The minimum atomic E-state index is -0.592. The van der Waals surface area contributed by atoms with E-state index in [1.165, 1.54) is 12.1 Å². The Morgan fingerprint density at radius 3 is 2.47 bits per heavy atom. The average Bonchev–Trinajstić information content (AvgIpc) is 2.45. The highest BCUT2D eigenvalue weighted by Gasteiger charge is 2.11. The van der Waals surface area contributed by atoms with Crippen LogP contribution in [0.3, 0.4) is 0 Å². The largest absolute Gasteiger partial charge is 0.507 e. The van der Waals surface area contributed by atoms with Gasteiger partial charge in [0.2, 0.25) is 0 Å². The lowest BCUT2D eigenvalue weighted by Gasteiger charge is -2.06. The monoisotopic (exact) mass is 257 g/mol. The molecular formula is C15H15NO3. The third-order valence-corrected chi connectivity index (χ3v) is 2.65. The number of phenolic OH excluding ortho intramolecular Hbond substituents is 1. The van der Waals surface area contributed by atoms with E-state index < -0.39 is 5.97 Å². The molecule has 0 spiro atoms. The third-order valence-electron chi connectivity index (χ3n) is 2.65. The molecule has 0 bridgehead atoms. The van der Waals surface area contributed by atoms with Crippen LogP contribution >= 0.6 is 0 Å². The molecule has 2 rings (SSSR count). The SMILES string of the molecule is O=C(ONCCc1ccccc1)c1ccccc1O. The first-order valence-corrected chi connectivity index (χ1v) is 6.03. The normalized spacial score (nSPS) is 10.1. The molecule has 0 saturated heterocycles. The van der Waals surface area contributed by atoms with Crippen molar-refractivity contribution in [2.45, 2.75) is 6.42 Å². The fourth-order valence-corrected chi connectivity index (χ4v) is 1.66. The zero-order chi connectivity index (χ0) is 13.5. The summed E-state index contributed by atoms with van der Waals surface area (Å²) in [5.74, 6) is -0.677. The first kappa shape index (κ1) is 13.1. The highest BCUT2D eigenvalue weighted by molar-refractivity contribution is 5.92. The second-order valence-corrected chi connectivity index (χ2v) is 4.04. The molecule has 0 aromatic heterocycles. The molecule has 0 atom stereocenters. The summed E-state index contributed by atoms with van der Waals surface area (Å²) >= 11 is 0. The van der Waals surface area contributed by atoms with Gasteiger partial charge in [0.1, 0.15) is 11.3 Å². The molecule has 4 heteroatoms. The summed E-state index contributed by atoms with van der Waals surface area (Å²) in [6, 6.07) is 16.2. The van der Waals surface area contributed by atoms with Crippen LogP contribution in [0.2, 0.25) is 0 Å². The second-order valence-electron chi connectivity index (χ2n) is 4.04. The Bertz CT molecular complexity index is 540. The summed E-state index contributed by atoms with van der Waals surface area (Å²) < 4.78 is 0. The number of para-hydroxylation sites is 1. The van der Waals surface area contributed by atoms with Crippen LogP contribution in [-0.2, 0) is 11.3 Å². The van der Waals surface area contributed by atoms with E-state index in [2.05, 4.69) is 5.48 Å². The maximum Gasteiger partial charge on any atom is 0.360 e. The maximum atomic E-state index is 11.6. The van der Waals surface area contributed by atoms with Crippen LogP contribution in [0.25, 0.3) is 0 Å². The van der Waals surface area contributed by atoms with Gasteiger partial charge >= 0.3 is 5.97 Å². The molecule has 0 heterocycles. The van der Waals surface area contributed by atoms with Crippen LogP contribution in [0, 0.1) is 0 Å². The third kappa shape index (κ3) is 3.82. The van der Waals surface area contributed by atoms with Gasteiger partial charge in [-0.3, -0.25) is 0 Å². The Morgan fingerprint density at radius 2 is 1.74 bits per heavy atom. The number of rotatable bonds is 5. The Hall–Kier alpha value is -2.33.